The summed E-state index contributed by atoms with van der Waals surface area (Å²) in [7, 11) is -7.10. The Balaban J connectivity index is 2.08. The smallest absolute Gasteiger partial charge is 0.207 e. The lowest BCUT2D eigenvalue weighted by Crippen LogP contribution is -2.23. The second-order valence-electron chi connectivity index (χ2n) is 6.82. The Morgan fingerprint density at radius 1 is 0.455 bits per heavy atom. The van der Waals surface area contributed by atoms with Crippen LogP contribution in [0.2, 0.25) is 0 Å². The van der Waals surface area contributed by atoms with Gasteiger partial charge in [-0.2, -0.15) is 3.63 Å². The quantitative estimate of drug-likeness (QED) is 0.199. The van der Waals surface area contributed by atoms with Crippen molar-refractivity contribution >= 4 is 21.0 Å². The minimum Gasteiger partial charge on any atom is -0.250 e. The standard InChI is InChI=1S/C24H20N2O5S2/c27-25(28)32(21-13-5-1-6-14-21,22-15-7-2-8-16-22)31-33(26(29)30,23-17-9-3-10-18-23)24-19-11-4-12-20-24/h1-20H. The first-order valence-electron chi connectivity index (χ1n) is 9.89. The first kappa shape index (κ1) is 22.5. The highest BCUT2D eigenvalue weighted by atomic mass is 32.3. The van der Waals surface area contributed by atoms with E-state index in [0.717, 1.165) is 0 Å². The Kier molecular flexibility index (Phi) is 6.45. The largest absolute Gasteiger partial charge is 0.250 e. The zero-order chi connectivity index (χ0) is 23.3. The molecule has 4 rings (SSSR count). The third kappa shape index (κ3) is 3.97. The Labute approximate surface area is 194 Å². The summed E-state index contributed by atoms with van der Waals surface area (Å²) in [5.74, 6) is 0. The maximum atomic E-state index is 12.9. The van der Waals surface area contributed by atoms with Crippen molar-refractivity contribution in [1.29, 1.82) is 0 Å². The van der Waals surface area contributed by atoms with Gasteiger partial charge in [-0.15, -0.1) is 0 Å². The fourth-order valence-corrected chi connectivity index (χ4v) is 9.52. The van der Waals surface area contributed by atoms with E-state index in [1.165, 1.54) is 0 Å². The first-order chi connectivity index (χ1) is 16.0. The van der Waals surface area contributed by atoms with Gasteiger partial charge in [0.05, 0.1) is 19.6 Å². The van der Waals surface area contributed by atoms with E-state index in [-0.39, 0.29) is 19.6 Å². The summed E-state index contributed by atoms with van der Waals surface area (Å²) in [4.78, 5) is 26.9. The maximum Gasteiger partial charge on any atom is 0.207 e. The lowest BCUT2D eigenvalue weighted by molar-refractivity contribution is -0.320. The molecule has 0 spiro atoms. The van der Waals surface area contributed by atoms with Crippen LogP contribution in [0.3, 0.4) is 0 Å². The maximum absolute atomic E-state index is 12.9. The van der Waals surface area contributed by atoms with Crippen molar-refractivity contribution in [3.8, 4) is 0 Å². The average molecular weight is 481 g/mol. The predicted octanol–water partition coefficient (Wildman–Crippen LogP) is 7.06. The van der Waals surface area contributed by atoms with E-state index in [2.05, 4.69) is 0 Å². The highest BCUT2D eigenvalue weighted by Gasteiger charge is 2.56. The van der Waals surface area contributed by atoms with E-state index in [4.69, 9.17) is 3.63 Å². The van der Waals surface area contributed by atoms with E-state index in [0.29, 0.717) is 0 Å². The summed E-state index contributed by atoms with van der Waals surface area (Å²) in [6, 6.07) is 33.0. The number of nitrogens with zero attached hydrogens (tertiary/aromatic N) is 2. The topological polar surface area (TPSA) is 95.5 Å². The molecule has 4 aromatic carbocycles. The Morgan fingerprint density at radius 3 is 0.848 bits per heavy atom. The van der Waals surface area contributed by atoms with Gasteiger partial charge in [0.1, 0.15) is 8.66 Å². The number of rotatable bonds is 8. The molecule has 0 atom stereocenters. The number of nitro groups is 2. The van der Waals surface area contributed by atoms with Crippen LogP contribution in [0, 0.1) is 20.2 Å². The summed E-state index contributed by atoms with van der Waals surface area (Å²) >= 11 is 0. The minimum absolute atomic E-state index is 0.270. The molecule has 0 aromatic heterocycles. The molecule has 4 aromatic rings. The zero-order valence-corrected chi connectivity index (χ0v) is 18.9. The summed E-state index contributed by atoms with van der Waals surface area (Å²) in [6.07, 6.45) is 0. The molecule has 0 N–H and O–H groups in total. The van der Waals surface area contributed by atoms with E-state index in [1.54, 1.807) is 121 Å². The van der Waals surface area contributed by atoms with Crippen LogP contribution in [-0.2, 0) is 3.63 Å². The third-order valence-corrected chi connectivity index (χ3v) is 10.9. The number of hydrogen-bond acceptors (Lipinski definition) is 5. The van der Waals surface area contributed by atoms with Crippen LogP contribution < -0.4 is 0 Å². The lowest BCUT2D eigenvalue weighted by atomic mass is 10.4. The van der Waals surface area contributed by atoms with E-state index in [1.807, 2.05) is 0 Å². The van der Waals surface area contributed by atoms with Crippen molar-refractivity contribution in [2.45, 2.75) is 19.6 Å². The van der Waals surface area contributed by atoms with E-state index >= 15 is 0 Å². The molecule has 0 saturated carbocycles. The normalized spacial score (nSPS) is 12.6. The van der Waals surface area contributed by atoms with Gasteiger partial charge in [-0.1, -0.05) is 72.8 Å². The van der Waals surface area contributed by atoms with Crippen LogP contribution in [0.25, 0.3) is 0 Å². The molecular weight excluding hydrogens is 460 g/mol. The van der Waals surface area contributed by atoms with Gasteiger partial charge in [-0.3, -0.25) is 0 Å². The van der Waals surface area contributed by atoms with Crippen molar-refractivity contribution in [2.24, 2.45) is 0 Å². The Morgan fingerprint density at radius 2 is 0.667 bits per heavy atom. The fourth-order valence-electron chi connectivity index (χ4n) is 3.39. The highest BCUT2D eigenvalue weighted by Crippen LogP contribution is 2.77. The van der Waals surface area contributed by atoms with Gasteiger partial charge < -0.3 is 0 Å². The summed E-state index contributed by atoms with van der Waals surface area (Å²) < 4.78 is 5.45. The van der Waals surface area contributed by atoms with Gasteiger partial charge >= 0.3 is 0 Å². The highest BCUT2D eigenvalue weighted by molar-refractivity contribution is 8.37. The molecule has 0 aliphatic rings. The average Bonchev–Trinajstić information content (AvgIpc) is 2.87. The predicted molar refractivity (Wildman–Crippen MR) is 129 cm³/mol. The van der Waals surface area contributed by atoms with Gasteiger partial charge in [-0.05, 0) is 48.5 Å². The van der Waals surface area contributed by atoms with Crippen LogP contribution >= 0.6 is 21.0 Å². The second kappa shape index (κ2) is 9.45. The Bertz CT molecular complexity index is 1070. The van der Waals surface area contributed by atoms with Gasteiger partial charge in [0.2, 0.25) is 21.0 Å². The van der Waals surface area contributed by atoms with Crippen molar-refractivity contribution in [3.63, 3.8) is 0 Å². The summed E-state index contributed by atoms with van der Waals surface area (Å²) in [6.45, 7) is 0. The van der Waals surface area contributed by atoms with E-state index < -0.39 is 29.6 Å². The van der Waals surface area contributed by atoms with Crippen molar-refractivity contribution in [2.75, 3.05) is 0 Å². The monoisotopic (exact) mass is 480 g/mol. The van der Waals surface area contributed by atoms with Crippen molar-refractivity contribution < 1.29 is 12.3 Å². The molecular formula is C24H20N2O5S2. The van der Waals surface area contributed by atoms with Gasteiger partial charge in [0, 0.05) is 0 Å². The number of benzene rings is 4. The molecule has 0 heterocycles. The summed E-state index contributed by atoms with van der Waals surface area (Å²) in [5.41, 5.74) is 0. The fraction of sp³-hybridized carbons (Fsp3) is 0. The van der Waals surface area contributed by atoms with Gasteiger partial charge in [0.15, 0.2) is 0 Å². The molecule has 0 radical (unpaired) electrons. The van der Waals surface area contributed by atoms with Crippen LogP contribution in [-0.4, -0.2) is 8.66 Å². The van der Waals surface area contributed by atoms with Crippen LogP contribution in [0.4, 0.5) is 0 Å². The van der Waals surface area contributed by atoms with Crippen molar-refractivity contribution in [3.05, 3.63) is 142 Å². The van der Waals surface area contributed by atoms with Crippen LogP contribution in [0.5, 0.6) is 0 Å². The van der Waals surface area contributed by atoms with Crippen LogP contribution in [0.1, 0.15) is 0 Å². The number of hydrogen-bond donors (Lipinski definition) is 0. The summed E-state index contributed by atoms with van der Waals surface area (Å²) in [5, 5.41) is 25.8. The van der Waals surface area contributed by atoms with E-state index in [9.17, 15) is 20.2 Å². The molecule has 0 aliphatic carbocycles. The molecule has 0 aliphatic heterocycles. The zero-order valence-electron chi connectivity index (χ0n) is 17.3. The lowest BCUT2D eigenvalue weighted by Gasteiger charge is -2.38. The molecule has 0 saturated heterocycles. The molecule has 0 fully saturated rings. The first-order valence-corrected chi connectivity index (χ1v) is 12.9. The third-order valence-electron chi connectivity index (χ3n) is 4.87. The molecule has 0 unspecified atom stereocenters. The molecule has 0 bridgehead atoms. The Hall–Kier alpha value is -3.66. The molecule has 7 nitrogen and oxygen atoms in total. The minimum atomic E-state index is -3.55. The molecule has 0 amide bonds. The van der Waals surface area contributed by atoms with Crippen molar-refractivity contribution in [1.82, 2.24) is 0 Å². The van der Waals surface area contributed by atoms with Gasteiger partial charge in [0.25, 0.3) is 0 Å². The van der Waals surface area contributed by atoms with Crippen LogP contribution in [0.15, 0.2) is 141 Å². The second-order valence-corrected chi connectivity index (χ2v) is 11.9. The van der Waals surface area contributed by atoms with Gasteiger partial charge in [-0.25, -0.2) is 20.2 Å². The molecule has 9 heteroatoms. The molecule has 33 heavy (non-hydrogen) atoms. The molecule has 168 valence electrons. The SMILES string of the molecule is O=[N+]([O-])S(OS(c1ccccc1)(c1ccccc1)[N+](=O)[O-])(c1ccccc1)c1ccccc1.